The zero-order valence-electron chi connectivity index (χ0n) is 14.2. The summed E-state index contributed by atoms with van der Waals surface area (Å²) in [6.45, 7) is 6.40. The number of unbranched alkanes of at least 4 members (excludes halogenated alkanes) is 2. The first-order chi connectivity index (χ1) is 11.3. The van der Waals surface area contributed by atoms with Gasteiger partial charge in [0.2, 0.25) is 0 Å². The van der Waals surface area contributed by atoms with Crippen molar-refractivity contribution >= 4 is 0 Å². The van der Waals surface area contributed by atoms with Crippen molar-refractivity contribution in [1.82, 2.24) is 20.6 Å². The van der Waals surface area contributed by atoms with E-state index in [0.29, 0.717) is 12.1 Å². The fraction of sp³-hybridized carbons (Fsp3) is 0.474. The largest absolute Gasteiger partial charge is 0.309 e. The molecule has 2 N–H and O–H groups in total. The number of nitrogens with zero attached hydrogens (tertiary/aromatic N) is 2. The second-order valence-electron chi connectivity index (χ2n) is 5.92. The highest BCUT2D eigenvalue weighted by Gasteiger charge is 2.05. The molecule has 4 heteroatoms. The van der Waals surface area contributed by atoms with Gasteiger partial charge in [0, 0.05) is 24.5 Å². The highest BCUT2D eigenvalue weighted by molar-refractivity contribution is 5.08. The Kier molecular flexibility index (Phi) is 7.70. The van der Waals surface area contributed by atoms with Crippen LogP contribution in [0.2, 0.25) is 0 Å². The molecule has 0 amide bonds. The molecule has 2 rings (SSSR count). The Labute approximate surface area is 139 Å². The molecule has 2 atom stereocenters. The molecular formula is C19H28N4. The summed E-state index contributed by atoms with van der Waals surface area (Å²) in [5.74, 6) is 0. The molecule has 2 aromatic heterocycles. The zero-order valence-corrected chi connectivity index (χ0v) is 14.2. The van der Waals surface area contributed by atoms with Crippen molar-refractivity contribution in [3.63, 3.8) is 0 Å². The number of pyridine rings is 2. The third-order valence-electron chi connectivity index (χ3n) is 4.02. The van der Waals surface area contributed by atoms with Crippen LogP contribution in [0.25, 0.3) is 0 Å². The molecule has 2 aromatic rings. The van der Waals surface area contributed by atoms with Crippen molar-refractivity contribution in [2.45, 2.75) is 45.2 Å². The van der Waals surface area contributed by atoms with Crippen LogP contribution in [0.1, 0.15) is 56.6 Å². The van der Waals surface area contributed by atoms with Crippen LogP contribution in [0.3, 0.4) is 0 Å². The van der Waals surface area contributed by atoms with Gasteiger partial charge in [0.05, 0.1) is 11.4 Å². The van der Waals surface area contributed by atoms with E-state index in [1.54, 1.807) is 0 Å². The first-order valence-electron chi connectivity index (χ1n) is 8.56. The summed E-state index contributed by atoms with van der Waals surface area (Å²) in [5, 5.41) is 7.06. The average Bonchev–Trinajstić information content (AvgIpc) is 2.62. The Bertz CT molecular complexity index is 480. The van der Waals surface area contributed by atoms with Crippen molar-refractivity contribution in [3.05, 3.63) is 60.2 Å². The van der Waals surface area contributed by atoms with Gasteiger partial charge >= 0.3 is 0 Å². The number of aromatic nitrogens is 2. The van der Waals surface area contributed by atoms with Crippen LogP contribution in [0.4, 0.5) is 0 Å². The van der Waals surface area contributed by atoms with Gasteiger partial charge in [-0.2, -0.15) is 0 Å². The summed E-state index contributed by atoms with van der Waals surface area (Å²) in [7, 11) is 0. The summed E-state index contributed by atoms with van der Waals surface area (Å²) in [4.78, 5) is 8.75. The summed E-state index contributed by atoms with van der Waals surface area (Å²) in [5.41, 5.74) is 2.22. The highest BCUT2D eigenvalue weighted by atomic mass is 14.9. The van der Waals surface area contributed by atoms with E-state index in [9.17, 15) is 0 Å². The maximum Gasteiger partial charge on any atom is 0.0570 e. The minimum Gasteiger partial charge on any atom is -0.309 e. The van der Waals surface area contributed by atoms with Crippen LogP contribution in [-0.4, -0.2) is 23.1 Å². The van der Waals surface area contributed by atoms with Crippen molar-refractivity contribution in [2.24, 2.45) is 0 Å². The van der Waals surface area contributed by atoms with E-state index in [-0.39, 0.29) is 0 Å². The van der Waals surface area contributed by atoms with Crippen molar-refractivity contribution in [2.75, 3.05) is 13.1 Å². The van der Waals surface area contributed by atoms with Crippen LogP contribution in [0.5, 0.6) is 0 Å². The van der Waals surface area contributed by atoms with Gasteiger partial charge in [0.15, 0.2) is 0 Å². The Morgan fingerprint density at radius 3 is 1.61 bits per heavy atom. The van der Waals surface area contributed by atoms with Crippen LogP contribution >= 0.6 is 0 Å². The molecule has 0 aliphatic carbocycles. The van der Waals surface area contributed by atoms with E-state index in [2.05, 4.69) is 46.6 Å². The maximum atomic E-state index is 4.38. The molecule has 0 aliphatic rings. The lowest BCUT2D eigenvalue weighted by Crippen LogP contribution is -2.22. The van der Waals surface area contributed by atoms with E-state index in [4.69, 9.17) is 0 Å². The Balaban J connectivity index is 1.51. The number of rotatable bonds is 10. The molecule has 124 valence electrons. The van der Waals surface area contributed by atoms with Crippen molar-refractivity contribution < 1.29 is 0 Å². The molecule has 0 saturated carbocycles. The molecule has 2 heterocycles. The maximum absolute atomic E-state index is 4.38. The molecule has 0 aliphatic heterocycles. The predicted octanol–water partition coefficient (Wildman–Crippen LogP) is 3.65. The summed E-state index contributed by atoms with van der Waals surface area (Å²) in [6.07, 6.45) is 7.31. The minimum atomic E-state index is 0.318. The van der Waals surface area contributed by atoms with E-state index in [0.717, 1.165) is 24.5 Å². The van der Waals surface area contributed by atoms with Gasteiger partial charge in [-0.1, -0.05) is 18.6 Å². The quantitative estimate of drug-likeness (QED) is 0.658. The molecule has 0 fully saturated rings. The van der Waals surface area contributed by atoms with E-state index < -0.39 is 0 Å². The lowest BCUT2D eigenvalue weighted by Gasteiger charge is -2.14. The first-order valence-corrected chi connectivity index (χ1v) is 8.56. The van der Waals surface area contributed by atoms with Gasteiger partial charge < -0.3 is 10.6 Å². The first kappa shape index (κ1) is 17.6. The molecule has 0 spiro atoms. The smallest absolute Gasteiger partial charge is 0.0570 e. The topological polar surface area (TPSA) is 49.8 Å². The number of hydrogen-bond acceptors (Lipinski definition) is 4. The van der Waals surface area contributed by atoms with Gasteiger partial charge in [0.1, 0.15) is 0 Å². The van der Waals surface area contributed by atoms with Crippen LogP contribution < -0.4 is 10.6 Å². The fourth-order valence-corrected chi connectivity index (χ4v) is 2.54. The van der Waals surface area contributed by atoms with Gasteiger partial charge in [-0.3, -0.25) is 9.97 Å². The zero-order chi connectivity index (χ0) is 16.3. The third-order valence-corrected chi connectivity index (χ3v) is 4.02. The molecule has 0 unspecified atom stereocenters. The Morgan fingerprint density at radius 2 is 1.22 bits per heavy atom. The standard InChI is InChI=1S/C19H28N4/c1-16(18-10-4-8-14-22-18)20-12-6-3-7-13-21-17(2)19-11-5-9-15-23-19/h4-5,8-11,14-17,20-21H,3,6-7,12-13H2,1-2H3/t16-,17-/m0/s1. The molecule has 0 saturated heterocycles. The van der Waals surface area contributed by atoms with Crippen LogP contribution in [0, 0.1) is 0 Å². The minimum absolute atomic E-state index is 0.318. The predicted molar refractivity (Wildman–Crippen MR) is 95.2 cm³/mol. The van der Waals surface area contributed by atoms with Gasteiger partial charge in [-0.15, -0.1) is 0 Å². The second kappa shape index (κ2) is 10.1. The lowest BCUT2D eigenvalue weighted by molar-refractivity contribution is 0.502. The molecule has 0 bridgehead atoms. The lowest BCUT2D eigenvalue weighted by atomic mass is 10.1. The Morgan fingerprint density at radius 1 is 0.739 bits per heavy atom. The number of hydrogen-bond donors (Lipinski definition) is 2. The van der Waals surface area contributed by atoms with Crippen LogP contribution in [-0.2, 0) is 0 Å². The summed E-state index contributed by atoms with van der Waals surface area (Å²) >= 11 is 0. The number of nitrogens with one attached hydrogen (secondary N) is 2. The summed E-state index contributed by atoms with van der Waals surface area (Å²) < 4.78 is 0. The van der Waals surface area contributed by atoms with E-state index in [1.165, 1.54) is 19.3 Å². The Hall–Kier alpha value is -1.78. The normalized spacial score (nSPS) is 13.7. The van der Waals surface area contributed by atoms with E-state index >= 15 is 0 Å². The van der Waals surface area contributed by atoms with Gasteiger partial charge in [0.25, 0.3) is 0 Å². The summed E-state index contributed by atoms with van der Waals surface area (Å²) in [6, 6.07) is 12.8. The van der Waals surface area contributed by atoms with Crippen LogP contribution in [0.15, 0.2) is 48.8 Å². The fourth-order valence-electron chi connectivity index (χ4n) is 2.54. The SMILES string of the molecule is C[C@H](NCCCCCN[C@@H](C)c1ccccn1)c1ccccn1. The van der Waals surface area contributed by atoms with Crippen molar-refractivity contribution in [3.8, 4) is 0 Å². The van der Waals surface area contributed by atoms with Crippen molar-refractivity contribution in [1.29, 1.82) is 0 Å². The monoisotopic (exact) mass is 312 g/mol. The molecule has 0 radical (unpaired) electrons. The average molecular weight is 312 g/mol. The molecule has 0 aromatic carbocycles. The molecular weight excluding hydrogens is 284 g/mol. The van der Waals surface area contributed by atoms with Gasteiger partial charge in [-0.25, -0.2) is 0 Å². The molecule has 4 nitrogen and oxygen atoms in total. The third kappa shape index (κ3) is 6.47. The highest BCUT2D eigenvalue weighted by Crippen LogP contribution is 2.09. The van der Waals surface area contributed by atoms with E-state index in [1.807, 2.05) is 36.7 Å². The van der Waals surface area contributed by atoms with Gasteiger partial charge in [-0.05, 0) is 64.0 Å². The second-order valence-corrected chi connectivity index (χ2v) is 5.92. The molecule has 23 heavy (non-hydrogen) atoms.